The van der Waals surface area contributed by atoms with Crippen molar-refractivity contribution in [3.05, 3.63) is 0 Å². The molecule has 1 N–H and O–H groups in total. The second-order valence-corrected chi connectivity index (χ2v) is 3.45. The quantitative estimate of drug-likeness (QED) is 0.616. The first-order chi connectivity index (χ1) is 5.25. The van der Waals surface area contributed by atoms with Crippen LogP contribution in [0.3, 0.4) is 0 Å². The fourth-order valence-corrected chi connectivity index (χ4v) is 2.15. The zero-order valence-corrected chi connectivity index (χ0v) is 6.38. The number of aliphatic carboxylic acids is 1. The molecule has 2 unspecified atom stereocenters. The van der Waals surface area contributed by atoms with Crippen molar-refractivity contribution in [3.8, 4) is 0 Å². The first-order valence-electron chi connectivity index (χ1n) is 4.11. The van der Waals surface area contributed by atoms with Gasteiger partial charge in [0.05, 0.1) is 11.5 Å². The number of ether oxygens (including phenoxy) is 1. The third kappa shape index (κ3) is 0.872. The van der Waals surface area contributed by atoms with Crippen LogP contribution in [0.5, 0.6) is 0 Å². The fourth-order valence-electron chi connectivity index (χ4n) is 2.15. The van der Waals surface area contributed by atoms with Crippen molar-refractivity contribution in [1.82, 2.24) is 0 Å². The Kier molecular flexibility index (Phi) is 1.42. The molecular weight excluding hydrogens is 144 g/mol. The Morgan fingerprint density at radius 2 is 2.36 bits per heavy atom. The van der Waals surface area contributed by atoms with Crippen LogP contribution in [0.1, 0.15) is 25.7 Å². The van der Waals surface area contributed by atoms with Crippen molar-refractivity contribution < 1.29 is 14.6 Å². The molecule has 0 aromatic carbocycles. The van der Waals surface area contributed by atoms with Crippen molar-refractivity contribution >= 4 is 5.97 Å². The average Bonchev–Trinajstić information content (AvgIpc) is 2.31. The van der Waals surface area contributed by atoms with Gasteiger partial charge >= 0.3 is 5.97 Å². The average molecular weight is 156 g/mol. The van der Waals surface area contributed by atoms with Crippen molar-refractivity contribution in [2.45, 2.75) is 31.3 Å². The Balaban J connectivity index is 2.09. The molecule has 1 aliphatic heterocycles. The number of hydrogen-bond acceptors (Lipinski definition) is 2. The highest BCUT2D eigenvalue weighted by molar-refractivity contribution is 5.73. The first kappa shape index (κ1) is 7.10. The van der Waals surface area contributed by atoms with Gasteiger partial charge in [0.15, 0.2) is 0 Å². The van der Waals surface area contributed by atoms with Crippen molar-refractivity contribution in [1.29, 1.82) is 0 Å². The Bertz CT molecular complexity index is 182. The van der Waals surface area contributed by atoms with Gasteiger partial charge in [0.2, 0.25) is 0 Å². The van der Waals surface area contributed by atoms with Crippen LogP contribution in [0, 0.1) is 5.92 Å². The van der Waals surface area contributed by atoms with E-state index in [0.717, 1.165) is 32.3 Å². The van der Waals surface area contributed by atoms with Gasteiger partial charge in [0.1, 0.15) is 0 Å². The van der Waals surface area contributed by atoms with E-state index in [1.54, 1.807) is 0 Å². The van der Waals surface area contributed by atoms with Crippen LogP contribution >= 0.6 is 0 Å². The van der Waals surface area contributed by atoms with E-state index in [1.165, 1.54) is 0 Å². The van der Waals surface area contributed by atoms with Crippen molar-refractivity contribution in [3.63, 3.8) is 0 Å². The largest absolute Gasteiger partial charge is 0.481 e. The van der Waals surface area contributed by atoms with Crippen LogP contribution in [0.25, 0.3) is 0 Å². The van der Waals surface area contributed by atoms with E-state index < -0.39 is 5.97 Å². The molecule has 1 heterocycles. The molecule has 1 saturated heterocycles. The topological polar surface area (TPSA) is 46.5 Å². The zero-order valence-electron chi connectivity index (χ0n) is 6.38. The van der Waals surface area contributed by atoms with Crippen LogP contribution in [-0.2, 0) is 9.53 Å². The lowest BCUT2D eigenvalue weighted by Crippen LogP contribution is -2.50. The van der Waals surface area contributed by atoms with Gasteiger partial charge in [-0.05, 0) is 25.7 Å². The molecule has 0 bridgehead atoms. The van der Waals surface area contributed by atoms with Gasteiger partial charge in [-0.3, -0.25) is 4.79 Å². The summed E-state index contributed by atoms with van der Waals surface area (Å²) in [7, 11) is 0. The number of carboxylic acids is 1. The van der Waals surface area contributed by atoms with Crippen LogP contribution in [0.15, 0.2) is 0 Å². The SMILES string of the molecule is O=C(O)C1CCC12CCCO2. The van der Waals surface area contributed by atoms with Gasteiger partial charge in [0.25, 0.3) is 0 Å². The Morgan fingerprint density at radius 1 is 1.55 bits per heavy atom. The van der Waals surface area contributed by atoms with Crippen molar-refractivity contribution in [2.75, 3.05) is 6.61 Å². The number of carbonyl (C=O) groups is 1. The minimum absolute atomic E-state index is 0.218. The van der Waals surface area contributed by atoms with Crippen LogP contribution < -0.4 is 0 Å². The van der Waals surface area contributed by atoms with E-state index in [4.69, 9.17) is 9.84 Å². The van der Waals surface area contributed by atoms with E-state index in [1.807, 2.05) is 0 Å². The van der Waals surface area contributed by atoms with E-state index in [9.17, 15) is 4.79 Å². The summed E-state index contributed by atoms with van der Waals surface area (Å²) in [6.45, 7) is 0.754. The molecule has 1 saturated carbocycles. The summed E-state index contributed by atoms with van der Waals surface area (Å²) in [5, 5.41) is 8.78. The summed E-state index contributed by atoms with van der Waals surface area (Å²) >= 11 is 0. The van der Waals surface area contributed by atoms with Gasteiger partial charge in [-0.25, -0.2) is 0 Å². The van der Waals surface area contributed by atoms with E-state index in [-0.39, 0.29) is 11.5 Å². The summed E-state index contributed by atoms with van der Waals surface area (Å²) in [4.78, 5) is 10.7. The van der Waals surface area contributed by atoms with Gasteiger partial charge in [0, 0.05) is 6.61 Å². The fraction of sp³-hybridized carbons (Fsp3) is 0.875. The predicted molar refractivity (Wildman–Crippen MR) is 38.3 cm³/mol. The maximum Gasteiger partial charge on any atom is 0.309 e. The molecule has 1 aliphatic carbocycles. The molecule has 1 spiro atoms. The summed E-state index contributed by atoms with van der Waals surface area (Å²) in [6, 6.07) is 0. The maximum absolute atomic E-state index is 10.7. The molecule has 2 fully saturated rings. The van der Waals surface area contributed by atoms with E-state index >= 15 is 0 Å². The number of hydrogen-bond donors (Lipinski definition) is 1. The summed E-state index contributed by atoms with van der Waals surface area (Å²) in [6.07, 6.45) is 3.73. The molecule has 3 heteroatoms. The third-order valence-electron chi connectivity index (χ3n) is 2.92. The van der Waals surface area contributed by atoms with Crippen LogP contribution in [0.2, 0.25) is 0 Å². The molecule has 2 rings (SSSR count). The second-order valence-electron chi connectivity index (χ2n) is 3.45. The lowest BCUT2D eigenvalue weighted by molar-refractivity contribution is -0.169. The highest BCUT2D eigenvalue weighted by atomic mass is 16.5. The monoisotopic (exact) mass is 156 g/mol. The molecule has 0 aromatic heterocycles. The first-order valence-corrected chi connectivity index (χ1v) is 4.11. The number of carboxylic acid groups (broad SMARTS) is 1. The molecule has 62 valence electrons. The molecule has 0 aromatic rings. The van der Waals surface area contributed by atoms with Crippen LogP contribution in [-0.4, -0.2) is 23.3 Å². The zero-order chi connectivity index (χ0) is 7.90. The molecule has 0 radical (unpaired) electrons. The normalized spacial score (nSPS) is 42.4. The highest BCUT2D eigenvalue weighted by Gasteiger charge is 2.53. The number of rotatable bonds is 1. The summed E-state index contributed by atoms with van der Waals surface area (Å²) < 4.78 is 5.47. The third-order valence-corrected chi connectivity index (χ3v) is 2.92. The van der Waals surface area contributed by atoms with E-state index in [0.29, 0.717) is 0 Å². The molecule has 0 amide bonds. The Labute approximate surface area is 65.4 Å². The molecule has 11 heavy (non-hydrogen) atoms. The second kappa shape index (κ2) is 2.21. The maximum atomic E-state index is 10.7. The molecule has 3 nitrogen and oxygen atoms in total. The Morgan fingerprint density at radius 3 is 2.73 bits per heavy atom. The van der Waals surface area contributed by atoms with Gasteiger partial charge in [-0.15, -0.1) is 0 Å². The molecule has 2 aliphatic rings. The standard InChI is InChI=1S/C8H12O3/c9-7(10)6-2-4-8(6)3-1-5-11-8/h6H,1-5H2,(H,9,10). The highest BCUT2D eigenvalue weighted by Crippen LogP contribution is 2.48. The summed E-state index contributed by atoms with van der Waals surface area (Å²) in [5.41, 5.74) is -0.244. The predicted octanol–water partition coefficient (Wildman–Crippen LogP) is 1.03. The van der Waals surface area contributed by atoms with Gasteiger partial charge in [-0.1, -0.05) is 0 Å². The van der Waals surface area contributed by atoms with Gasteiger partial charge in [-0.2, -0.15) is 0 Å². The lowest BCUT2D eigenvalue weighted by atomic mass is 9.68. The van der Waals surface area contributed by atoms with E-state index in [2.05, 4.69) is 0 Å². The summed E-state index contributed by atoms with van der Waals surface area (Å²) in [5.74, 6) is -0.900. The Hall–Kier alpha value is -0.570. The van der Waals surface area contributed by atoms with Gasteiger partial charge < -0.3 is 9.84 Å². The smallest absolute Gasteiger partial charge is 0.309 e. The molecular formula is C8H12O3. The van der Waals surface area contributed by atoms with Crippen LogP contribution in [0.4, 0.5) is 0 Å². The minimum atomic E-state index is -0.682. The lowest BCUT2D eigenvalue weighted by Gasteiger charge is -2.43. The van der Waals surface area contributed by atoms with Crippen molar-refractivity contribution in [2.24, 2.45) is 5.92 Å². The minimum Gasteiger partial charge on any atom is -0.481 e. The molecule has 2 atom stereocenters.